The molecule has 10 heteroatoms. The van der Waals surface area contributed by atoms with Crippen molar-refractivity contribution in [1.82, 2.24) is 0 Å². The van der Waals surface area contributed by atoms with Gasteiger partial charge in [-0.15, -0.1) is 0 Å². The number of fused-ring (bicyclic) bond motifs is 1. The predicted octanol–water partition coefficient (Wildman–Crippen LogP) is 4.89. The summed E-state index contributed by atoms with van der Waals surface area (Å²) in [5.74, 6) is -3.81. The molecule has 0 radical (unpaired) electrons. The Kier molecular flexibility index (Phi) is 17.5. The van der Waals surface area contributed by atoms with Gasteiger partial charge in [0.2, 0.25) is 0 Å². The Morgan fingerprint density at radius 3 is 2.30 bits per heavy atom. The van der Waals surface area contributed by atoms with E-state index in [2.05, 4.69) is 0 Å². The van der Waals surface area contributed by atoms with Gasteiger partial charge in [-0.25, -0.2) is 4.79 Å². The summed E-state index contributed by atoms with van der Waals surface area (Å²) in [4.78, 5) is 23.5. The molecule has 10 nitrogen and oxygen atoms in total. The SMILES string of the molecule is CC1C/C=C/C=C/C=C/C=C/CCCC(C(=O)O)CCC(O)(O)CCCC2OC2/C=C/C(=O)O1.COC1CCC(O)[C@@H](C)O1. The van der Waals surface area contributed by atoms with E-state index in [1.807, 2.05) is 62.5 Å². The van der Waals surface area contributed by atoms with Crippen molar-refractivity contribution in [3.63, 3.8) is 0 Å². The first kappa shape index (κ1) is 37.6. The maximum Gasteiger partial charge on any atom is 0.330 e. The Balaban J connectivity index is 0.000000569. The summed E-state index contributed by atoms with van der Waals surface area (Å²) >= 11 is 0. The number of hydrogen-bond acceptors (Lipinski definition) is 9. The van der Waals surface area contributed by atoms with Crippen LogP contribution in [0, 0.1) is 5.92 Å². The Morgan fingerprint density at radius 1 is 0.909 bits per heavy atom. The Bertz CT molecular complexity index is 998. The van der Waals surface area contributed by atoms with E-state index in [0.29, 0.717) is 25.7 Å². The van der Waals surface area contributed by atoms with Crippen molar-refractivity contribution in [2.75, 3.05) is 7.11 Å². The molecule has 3 heterocycles. The first-order valence-corrected chi connectivity index (χ1v) is 15.7. The molecule has 0 bridgehead atoms. The van der Waals surface area contributed by atoms with Crippen LogP contribution in [0.2, 0.25) is 0 Å². The second-order valence-corrected chi connectivity index (χ2v) is 11.6. The molecule has 0 aromatic rings. The van der Waals surface area contributed by atoms with Crippen LogP contribution in [-0.4, -0.2) is 82.1 Å². The van der Waals surface area contributed by atoms with E-state index < -0.39 is 23.6 Å². The summed E-state index contributed by atoms with van der Waals surface area (Å²) in [5.41, 5.74) is 0. The first-order valence-electron chi connectivity index (χ1n) is 15.7. The summed E-state index contributed by atoms with van der Waals surface area (Å²) in [6.07, 6.45) is 23.1. The molecule has 248 valence electrons. The minimum Gasteiger partial charge on any atom is -0.481 e. The highest BCUT2D eigenvalue weighted by molar-refractivity contribution is 5.82. The summed E-state index contributed by atoms with van der Waals surface area (Å²) in [7, 11) is 1.62. The Morgan fingerprint density at radius 2 is 1.61 bits per heavy atom. The molecule has 0 aromatic carbocycles. The van der Waals surface area contributed by atoms with E-state index in [0.717, 1.165) is 25.7 Å². The highest BCUT2D eigenvalue weighted by Crippen LogP contribution is 2.30. The second kappa shape index (κ2) is 20.4. The summed E-state index contributed by atoms with van der Waals surface area (Å²) in [5, 5.41) is 39.2. The number of aliphatic carboxylic acids is 1. The van der Waals surface area contributed by atoms with E-state index in [4.69, 9.17) is 18.9 Å². The molecule has 0 amide bonds. The van der Waals surface area contributed by atoms with Gasteiger partial charge in [-0.1, -0.05) is 48.6 Å². The molecule has 44 heavy (non-hydrogen) atoms. The summed E-state index contributed by atoms with van der Waals surface area (Å²) in [6, 6.07) is 0. The molecule has 3 aliphatic rings. The van der Waals surface area contributed by atoms with Gasteiger partial charge in [0.15, 0.2) is 12.1 Å². The second-order valence-electron chi connectivity index (χ2n) is 11.6. The number of cyclic esters (lactones) is 1. The normalized spacial score (nSPS) is 36.1. The molecule has 0 aliphatic carbocycles. The highest BCUT2D eigenvalue weighted by Gasteiger charge is 2.37. The topological polar surface area (TPSA) is 155 Å². The molecule has 7 atom stereocenters. The van der Waals surface area contributed by atoms with Gasteiger partial charge in [-0.05, 0) is 64.9 Å². The van der Waals surface area contributed by atoms with Crippen molar-refractivity contribution in [2.24, 2.45) is 5.92 Å². The fraction of sp³-hybridized carbons (Fsp3) is 0.647. The van der Waals surface area contributed by atoms with Crippen molar-refractivity contribution in [3.05, 3.63) is 60.8 Å². The number of hydrogen-bond donors (Lipinski definition) is 4. The number of carboxylic acids is 1. The van der Waals surface area contributed by atoms with Crippen LogP contribution >= 0.6 is 0 Å². The maximum absolute atomic E-state index is 12.0. The van der Waals surface area contributed by atoms with Gasteiger partial charge in [0.1, 0.15) is 12.2 Å². The third-order valence-corrected chi connectivity index (χ3v) is 7.76. The molecule has 2 saturated heterocycles. The Labute approximate surface area is 261 Å². The maximum atomic E-state index is 12.0. The van der Waals surface area contributed by atoms with E-state index in [1.54, 1.807) is 13.2 Å². The van der Waals surface area contributed by atoms with Crippen LogP contribution in [0.3, 0.4) is 0 Å². The number of rotatable bonds is 2. The number of aliphatic hydroxyl groups is 3. The van der Waals surface area contributed by atoms with Crippen LogP contribution in [-0.2, 0) is 28.5 Å². The fourth-order valence-electron chi connectivity index (χ4n) is 4.90. The number of carbonyl (C=O) groups excluding carboxylic acids is 1. The predicted molar refractivity (Wildman–Crippen MR) is 166 cm³/mol. The minimum atomic E-state index is -1.90. The average Bonchev–Trinajstić information content (AvgIpc) is 3.73. The molecule has 3 aliphatic heterocycles. The summed E-state index contributed by atoms with van der Waals surface area (Å²) in [6.45, 7) is 3.69. The van der Waals surface area contributed by atoms with Crippen molar-refractivity contribution >= 4 is 11.9 Å². The molecule has 2 fully saturated rings. The lowest BCUT2D eigenvalue weighted by Gasteiger charge is -2.30. The van der Waals surface area contributed by atoms with Crippen LogP contribution in [0.25, 0.3) is 0 Å². The lowest BCUT2D eigenvalue weighted by Crippen LogP contribution is -2.37. The number of epoxide rings is 1. The van der Waals surface area contributed by atoms with Crippen LogP contribution in [0.15, 0.2) is 60.8 Å². The van der Waals surface area contributed by atoms with E-state index in [9.17, 15) is 30.0 Å². The molecule has 3 rings (SSSR count). The molecule has 0 saturated carbocycles. The number of methoxy groups -OCH3 is 1. The quantitative estimate of drug-likeness (QED) is 0.190. The molecular formula is C34H52O10. The first-order chi connectivity index (χ1) is 21.0. The van der Waals surface area contributed by atoms with Gasteiger partial charge < -0.3 is 39.4 Å². The van der Waals surface area contributed by atoms with Gasteiger partial charge in [-0.2, -0.15) is 0 Å². The zero-order valence-electron chi connectivity index (χ0n) is 26.3. The van der Waals surface area contributed by atoms with Crippen LogP contribution in [0.5, 0.6) is 0 Å². The number of carboxylic acid groups (broad SMARTS) is 1. The zero-order chi connectivity index (χ0) is 32.4. The van der Waals surface area contributed by atoms with Crippen molar-refractivity contribution < 1.29 is 49.0 Å². The van der Waals surface area contributed by atoms with Crippen molar-refractivity contribution in [2.45, 2.75) is 127 Å². The van der Waals surface area contributed by atoms with Crippen molar-refractivity contribution in [1.29, 1.82) is 0 Å². The minimum absolute atomic E-state index is 0.0161. The third kappa shape index (κ3) is 16.5. The van der Waals surface area contributed by atoms with E-state index in [1.165, 1.54) is 6.08 Å². The summed E-state index contributed by atoms with van der Waals surface area (Å²) < 4.78 is 21.1. The van der Waals surface area contributed by atoms with Gasteiger partial charge in [0.05, 0.1) is 24.2 Å². The van der Waals surface area contributed by atoms with E-state index >= 15 is 0 Å². The van der Waals surface area contributed by atoms with Gasteiger partial charge in [0, 0.05) is 38.9 Å². The van der Waals surface area contributed by atoms with Gasteiger partial charge in [0.25, 0.3) is 0 Å². The molecule has 0 spiro atoms. The number of allylic oxidation sites excluding steroid dienone is 7. The molecule has 0 aromatic heterocycles. The lowest BCUT2D eigenvalue weighted by molar-refractivity contribution is -0.206. The smallest absolute Gasteiger partial charge is 0.330 e. The third-order valence-electron chi connectivity index (χ3n) is 7.76. The lowest BCUT2D eigenvalue weighted by atomic mass is 9.92. The van der Waals surface area contributed by atoms with Crippen molar-refractivity contribution in [3.8, 4) is 0 Å². The van der Waals surface area contributed by atoms with Crippen LogP contribution in [0.4, 0.5) is 0 Å². The molecule has 6 unspecified atom stereocenters. The van der Waals surface area contributed by atoms with Crippen LogP contribution in [0.1, 0.15) is 84.5 Å². The number of ether oxygens (including phenoxy) is 4. The van der Waals surface area contributed by atoms with Gasteiger partial charge >= 0.3 is 11.9 Å². The number of esters is 1. The number of aliphatic hydroxyl groups excluding tert-OH is 1. The molecular weight excluding hydrogens is 568 g/mol. The molecule has 4 N–H and O–H groups in total. The standard InChI is InChI=1S/C27H38O7.C7H14O3/c1-21-13-10-8-6-4-2-3-5-7-9-11-14-22(26(29)30)18-20-27(31,32)19-12-15-23-24(34-23)16-17-25(28)33-21;1-5-6(8)3-4-7(9-2)10-5/h2-8,10,16-17,21-24,31-32H,9,11-15,18-20H2,1H3,(H,29,30);5-8H,3-4H2,1-2H3/b3-2+,6-4+,7-5+,10-8+,17-16+;/t;5-,6?,7?/m.1/s1. The zero-order valence-corrected chi connectivity index (χ0v) is 26.3. The number of carbonyl (C=O) groups is 2. The van der Waals surface area contributed by atoms with E-state index in [-0.39, 0.29) is 56.1 Å². The fourth-order valence-corrected chi connectivity index (χ4v) is 4.90. The highest BCUT2D eigenvalue weighted by atomic mass is 16.7. The largest absolute Gasteiger partial charge is 0.481 e. The monoisotopic (exact) mass is 620 g/mol. The average molecular weight is 621 g/mol. The van der Waals surface area contributed by atoms with Gasteiger partial charge in [-0.3, -0.25) is 4.79 Å². The Hall–Kier alpha value is -2.60. The van der Waals surface area contributed by atoms with Crippen LogP contribution < -0.4 is 0 Å².